The summed E-state index contributed by atoms with van der Waals surface area (Å²) in [6, 6.07) is 42.2. The van der Waals surface area contributed by atoms with Crippen molar-refractivity contribution >= 4 is 46.2 Å². The van der Waals surface area contributed by atoms with E-state index < -0.39 is 0 Å². The summed E-state index contributed by atoms with van der Waals surface area (Å²) in [5.41, 5.74) is 15.0. The summed E-state index contributed by atoms with van der Waals surface area (Å²) in [5.74, 6) is 0. The predicted octanol–water partition coefficient (Wildman–Crippen LogP) is 6.32. The third-order valence-corrected chi connectivity index (χ3v) is 8.85. The van der Waals surface area contributed by atoms with Crippen molar-refractivity contribution in [1.82, 2.24) is 9.78 Å². The highest BCUT2D eigenvalue weighted by molar-refractivity contribution is 6.92. The molecule has 0 atom stereocenters. The van der Waals surface area contributed by atoms with E-state index in [0.717, 1.165) is 12.4 Å². The van der Waals surface area contributed by atoms with E-state index in [4.69, 9.17) is 0 Å². The Morgan fingerprint density at radius 1 is 0.585 bits per heavy atom. The van der Waals surface area contributed by atoms with Gasteiger partial charge in [-0.3, -0.25) is 0 Å². The van der Waals surface area contributed by atoms with Crippen LogP contribution in [-0.2, 0) is 0 Å². The lowest BCUT2D eigenvalue weighted by molar-refractivity contribution is 0.880. The molecule has 3 aliphatic heterocycles. The molecule has 194 valence electrons. The third-order valence-electron chi connectivity index (χ3n) is 8.85. The Balaban J connectivity index is 1.31. The average Bonchev–Trinajstić information content (AvgIpc) is 3.69. The molecule has 1 aromatic heterocycles. The maximum absolute atomic E-state index is 4.55. The first-order valence-electron chi connectivity index (χ1n) is 14.1. The number of anilines is 5. The molecule has 0 N–H and O–H groups in total. The topological polar surface area (TPSA) is 27.5 Å². The van der Waals surface area contributed by atoms with Gasteiger partial charge in [-0.25, -0.2) is 4.68 Å². The van der Waals surface area contributed by atoms with Gasteiger partial charge in [0.1, 0.15) is 0 Å². The fraction of sp³-hybridized carbons (Fsp3) is 0.0571. The summed E-state index contributed by atoms with van der Waals surface area (Å²) in [5, 5.41) is 4.55. The van der Waals surface area contributed by atoms with Gasteiger partial charge in [0.15, 0.2) is 0 Å². The van der Waals surface area contributed by atoms with Crippen LogP contribution in [-0.4, -0.2) is 30.3 Å². The number of fused-ring (bicyclic) bond motifs is 12. The van der Waals surface area contributed by atoms with E-state index in [1.165, 1.54) is 61.6 Å². The molecule has 3 aliphatic rings. The average molecular weight is 527 g/mol. The van der Waals surface area contributed by atoms with Gasteiger partial charge in [0.2, 0.25) is 0 Å². The number of rotatable bonds is 2. The molecule has 5 aromatic carbocycles. The second-order valence-corrected chi connectivity index (χ2v) is 11.1. The maximum atomic E-state index is 4.55. The van der Waals surface area contributed by atoms with Crippen LogP contribution in [0.2, 0.25) is 0 Å². The molecule has 0 spiro atoms. The zero-order chi connectivity index (χ0) is 27.1. The summed E-state index contributed by atoms with van der Waals surface area (Å²) in [6.07, 6.45) is 3.84. The van der Waals surface area contributed by atoms with Crippen LogP contribution in [0.3, 0.4) is 0 Å². The van der Waals surface area contributed by atoms with Gasteiger partial charge in [0.25, 0.3) is 0 Å². The van der Waals surface area contributed by atoms with Gasteiger partial charge in [-0.15, -0.1) is 0 Å². The van der Waals surface area contributed by atoms with Gasteiger partial charge in [-0.2, -0.15) is 5.10 Å². The second kappa shape index (κ2) is 8.39. The predicted molar refractivity (Wildman–Crippen MR) is 170 cm³/mol. The molecule has 9 rings (SSSR count). The molecule has 6 heteroatoms. The van der Waals surface area contributed by atoms with Crippen molar-refractivity contribution in [2.24, 2.45) is 0 Å². The van der Waals surface area contributed by atoms with E-state index in [9.17, 15) is 0 Å². The molecule has 6 aromatic rings. The van der Waals surface area contributed by atoms with Crippen molar-refractivity contribution in [2.75, 3.05) is 28.3 Å². The highest BCUT2D eigenvalue weighted by atomic mass is 15.4. The third kappa shape index (κ3) is 3.16. The van der Waals surface area contributed by atoms with Crippen LogP contribution in [0.5, 0.6) is 0 Å². The Morgan fingerprint density at radius 3 is 1.88 bits per heavy atom. The molecule has 0 fully saturated rings. The number of nitrogens with zero attached hydrogens (tertiary/aromatic N) is 5. The highest BCUT2D eigenvalue weighted by Crippen LogP contribution is 2.49. The van der Waals surface area contributed by atoms with Crippen LogP contribution in [0.25, 0.3) is 27.9 Å². The summed E-state index contributed by atoms with van der Waals surface area (Å²) in [4.78, 5) is 7.30. The highest BCUT2D eigenvalue weighted by Gasteiger charge is 2.42. The molecular weight excluding hydrogens is 501 g/mol. The first kappa shape index (κ1) is 22.6. The van der Waals surface area contributed by atoms with Crippen molar-refractivity contribution in [1.29, 1.82) is 0 Å². The van der Waals surface area contributed by atoms with Gasteiger partial charge in [-0.1, -0.05) is 72.8 Å². The molecule has 5 nitrogen and oxygen atoms in total. The summed E-state index contributed by atoms with van der Waals surface area (Å²) >= 11 is 0. The Kier molecular flexibility index (Phi) is 4.62. The van der Waals surface area contributed by atoms with E-state index in [1.54, 1.807) is 0 Å². The van der Waals surface area contributed by atoms with Gasteiger partial charge >= 0.3 is 6.85 Å². The smallest absolute Gasteiger partial charge is 0.329 e. The fourth-order valence-electron chi connectivity index (χ4n) is 7.04. The normalized spacial score (nSPS) is 14.2. The number of para-hydroxylation sites is 2. The molecular formula is C35H26BN5. The minimum absolute atomic E-state index is 0.0686. The number of aromatic nitrogens is 2. The summed E-state index contributed by atoms with van der Waals surface area (Å²) < 4.78 is 1.95. The van der Waals surface area contributed by atoms with Crippen LogP contribution >= 0.6 is 0 Å². The zero-order valence-corrected chi connectivity index (χ0v) is 22.6. The standard InChI is InChI=1S/C35H26BN5/c1-38-23-39(33-14-7-6-13-32(33)38)24-15-17-28-26-9-2-4-11-30(26)36-31-12-5-3-10-27(31)29-18-16-25(40-20-8-19-37-40)22-35(29)41(36)34(28)21-24/h2-22H,23H2,1H3. The van der Waals surface area contributed by atoms with Crippen LogP contribution in [0.15, 0.2) is 128 Å². The minimum Gasteiger partial charge on any atom is -0.376 e. The molecule has 41 heavy (non-hydrogen) atoms. The maximum Gasteiger partial charge on any atom is 0.329 e. The molecule has 0 aliphatic carbocycles. The quantitative estimate of drug-likeness (QED) is 0.246. The van der Waals surface area contributed by atoms with E-state index in [-0.39, 0.29) is 6.85 Å². The van der Waals surface area contributed by atoms with E-state index in [1.807, 2.05) is 23.1 Å². The minimum atomic E-state index is 0.0686. The Labute approximate surface area is 239 Å². The molecule has 0 bridgehead atoms. The second-order valence-electron chi connectivity index (χ2n) is 11.1. The number of benzene rings is 5. The molecule has 0 saturated carbocycles. The van der Waals surface area contributed by atoms with Crippen LogP contribution < -0.4 is 25.5 Å². The number of hydrogen-bond donors (Lipinski definition) is 0. The Morgan fingerprint density at radius 2 is 1.20 bits per heavy atom. The van der Waals surface area contributed by atoms with Crippen molar-refractivity contribution in [2.45, 2.75) is 0 Å². The van der Waals surface area contributed by atoms with Gasteiger partial charge < -0.3 is 14.6 Å². The molecule has 0 unspecified atom stereocenters. The lowest BCUT2D eigenvalue weighted by Crippen LogP contribution is -2.59. The van der Waals surface area contributed by atoms with Crippen LogP contribution in [0.1, 0.15) is 0 Å². The Hall–Kier alpha value is -5.23. The first-order chi connectivity index (χ1) is 20.3. The van der Waals surface area contributed by atoms with Crippen molar-refractivity contribution in [3.05, 3.63) is 128 Å². The van der Waals surface area contributed by atoms with E-state index in [0.29, 0.717) is 0 Å². The van der Waals surface area contributed by atoms with E-state index in [2.05, 4.69) is 136 Å². The van der Waals surface area contributed by atoms with Crippen LogP contribution in [0, 0.1) is 0 Å². The molecule has 4 heterocycles. The number of hydrogen-bond acceptors (Lipinski definition) is 4. The van der Waals surface area contributed by atoms with Gasteiger partial charge in [0.05, 0.1) is 23.7 Å². The van der Waals surface area contributed by atoms with Gasteiger partial charge in [0, 0.05) is 47.6 Å². The van der Waals surface area contributed by atoms with Crippen molar-refractivity contribution in [3.63, 3.8) is 0 Å². The van der Waals surface area contributed by atoms with Crippen LogP contribution in [0.4, 0.5) is 28.4 Å². The zero-order valence-electron chi connectivity index (χ0n) is 22.6. The van der Waals surface area contributed by atoms with Crippen molar-refractivity contribution < 1.29 is 0 Å². The summed E-state index contributed by atoms with van der Waals surface area (Å²) in [7, 11) is 2.16. The largest absolute Gasteiger partial charge is 0.376 e. The first-order valence-corrected chi connectivity index (χ1v) is 14.1. The lowest BCUT2D eigenvalue weighted by atomic mass is 9.43. The van der Waals surface area contributed by atoms with E-state index >= 15 is 0 Å². The Bertz CT molecular complexity index is 1980. The fourth-order valence-corrected chi connectivity index (χ4v) is 7.04. The molecule has 0 saturated heterocycles. The monoisotopic (exact) mass is 527 g/mol. The van der Waals surface area contributed by atoms with Crippen molar-refractivity contribution in [3.8, 4) is 27.9 Å². The van der Waals surface area contributed by atoms with Gasteiger partial charge in [-0.05, 0) is 64.5 Å². The SMILES string of the molecule is CN1CN(c2ccc3c(c2)N2B(c4ccccc4-3)c3ccccc3-c3ccc(-n4cccn4)cc32)c2ccccc21. The lowest BCUT2D eigenvalue weighted by Gasteiger charge is -2.43. The molecule has 0 amide bonds. The summed E-state index contributed by atoms with van der Waals surface area (Å²) in [6.45, 7) is 0.889. The molecule has 0 radical (unpaired) electrons.